The zero-order chi connectivity index (χ0) is 77.8. The Morgan fingerprint density at radius 2 is 1.38 bits per heavy atom. The van der Waals surface area contributed by atoms with Crippen LogP contribution in [0, 0.1) is 29.6 Å². The molecule has 0 aliphatic carbocycles. The van der Waals surface area contributed by atoms with Gasteiger partial charge in [-0.1, -0.05) is 112 Å². The third-order valence-corrected chi connectivity index (χ3v) is 20.8. The fraction of sp³-hybridized carbons (Fsp3) is 0.581. The summed E-state index contributed by atoms with van der Waals surface area (Å²) in [5.41, 5.74) is 6.60. The fourth-order valence-corrected chi connectivity index (χ4v) is 14.4. The molecule has 2 aromatic carbocycles. The van der Waals surface area contributed by atoms with Crippen LogP contribution in [0.1, 0.15) is 124 Å². The van der Waals surface area contributed by atoms with E-state index in [4.69, 9.17) is 19.9 Å². The number of hydrogen-bond donors (Lipinski definition) is 7. The second-order valence-corrected chi connectivity index (χ2v) is 29.6. The van der Waals surface area contributed by atoms with E-state index >= 15 is 0 Å². The number of carbonyl (C=O) groups excluding carboxylic acids is 12. The van der Waals surface area contributed by atoms with Gasteiger partial charge in [-0.2, -0.15) is 11.8 Å². The molecule has 105 heavy (non-hydrogen) atoms. The number of rotatable bonds is 41. The van der Waals surface area contributed by atoms with Gasteiger partial charge in [0, 0.05) is 70.8 Å². The Balaban J connectivity index is 1.17. The molecule has 3 heterocycles. The quantitative estimate of drug-likeness (QED) is 0.0289. The molecular formula is C74H110N14O15S2. The third kappa shape index (κ3) is 25.7. The van der Waals surface area contributed by atoms with E-state index in [9.17, 15) is 57.5 Å². The first-order valence-electron chi connectivity index (χ1n) is 35.7. The van der Waals surface area contributed by atoms with Crippen LogP contribution in [-0.2, 0) is 68.6 Å². The topological polar surface area (TPSA) is 363 Å². The fourth-order valence-electron chi connectivity index (χ4n) is 13.0. The molecule has 29 nitrogen and oxygen atoms in total. The number of methoxy groups -OCH3 is 2. The molecule has 2 saturated heterocycles. The van der Waals surface area contributed by atoms with E-state index < -0.39 is 132 Å². The van der Waals surface area contributed by atoms with Gasteiger partial charge in [-0.25, -0.2) is 9.78 Å². The van der Waals surface area contributed by atoms with Crippen molar-refractivity contribution in [2.24, 2.45) is 35.3 Å². The number of thiazole rings is 1. The number of aromatic nitrogens is 1. The second kappa shape index (κ2) is 42.9. The van der Waals surface area contributed by atoms with Crippen LogP contribution in [-0.4, -0.2) is 233 Å². The van der Waals surface area contributed by atoms with Gasteiger partial charge >= 0.3 is 6.03 Å². The molecule has 2 aliphatic heterocycles. The number of nitrogens with one attached hydrogen (secondary N) is 6. The van der Waals surface area contributed by atoms with Gasteiger partial charge in [0.05, 0.1) is 68.4 Å². The zero-order valence-corrected chi connectivity index (χ0v) is 64.6. The van der Waals surface area contributed by atoms with Crippen molar-refractivity contribution >= 4 is 99.8 Å². The number of urea groups is 1. The van der Waals surface area contributed by atoms with E-state index in [0.717, 1.165) is 34.5 Å². The molecule has 0 radical (unpaired) electrons. The van der Waals surface area contributed by atoms with Crippen LogP contribution in [0.15, 0.2) is 91.5 Å². The molecule has 31 heteroatoms. The van der Waals surface area contributed by atoms with Crippen LogP contribution in [0.3, 0.4) is 0 Å². The van der Waals surface area contributed by atoms with Gasteiger partial charge in [0.1, 0.15) is 34.9 Å². The van der Waals surface area contributed by atoms with Gasteiger partial charge in [0.15, 0.2) is 6.61 Å². The van der Waals surface area contributed by atoms with E-state index in [2.05, 4.69) is 50.0 Å². The Bertz CT molecular complexity index is 3390. The number of amides is 13. The molecule has 2 fully saturated rings. The van der Waals surface area contributed by atoms with Crippen molar-refractivity contribution in [1.29, 1.82) is 0 Å². The molecule has 5 rings (SSSR count). The van der Waals surface area contributed by atoms with Crippen molar-refractivity contribution in [3.8, 4) is 5.75 Å². The van der Waals surface area contributed by atoms with Crippen LogP contribution in [0.5, 0.6) is 5.75 Å². The van der Waals surface area contributed by atoms with E-state index in [1.165, 1.54) is 69.4 Å². The van der Waals surface area contributed by atoms with Crippen molar-refractivity contribution in [2.75, 3.05) is 84.8 Å². The Kier molecular flexibility index (Phi) is 35.4. The van der Waals surface area contributed by atoms with Gasteiger partial charge in [-0.3, -0.25) is 52.7 Å². The molecule has 0 spiro atoms. The lowest BCUT2D eigenvalue weighted by atomic mass is 9.89. The van der Waals surface area contributed by atoms with Crippen LogP contribution in [0.25, 0.3) is 0 Å². The molecule has 1 aromatic heterocycles. The second-order valence-electron chi connectivity index (χ2n) is 27.5. The SMILES string of the molecule is C=CC(=O)N1CN(C(=O)C=C)CN(C(=O)CCSCC(=O)N[C@H](C(=O)N[C@@H](CCCNC(N)=O)C(=O)Nc2ccc(OCC(=O)N(C)[C@H](C(=O)N[C@H](C(=O)N(C)[C@@H]([C@@H](C)CC)[C@@H](CC(=O)N3CCC[C@H]3[C@H](OC)[C@@H](C)C(=O)N[C@@H](Cc3ccccc3)c3nccs3)OC)C(C)C)C(C)C)cc2)C(C)C)C1. The highest BCUT2D eigenvalue weighted by Gasteiger charge is 2.44. The largest absolute Gasteiger partial charge is 0.484 e. The number of nitrogens with zero attached hydrogens (tertiary/aromatic N) is 7. The smallest absolute Gasteiger partial charge is 0.312 e. The minimum Gasteiger partial charge on any atom is -0.484 e. The number of benzene rings is 2. The number of nitrogens with two attached hydrogens (primary N) is 1. The Morgan fingerprint density at radius 3 is 1.94 bits per heavy atom. The summed E-state index contributed by atoms with van der Waals surface area (Å²) in [4.78, 5) is 176. The van der Waals surface area contributed by atoms with Crippen molar-refractivity contribution in [2.45, 2.75) is 168 Å². The first kappa shape index (κ1) is 86.7. The average molecular weight is 1500 g/mol. The van der Waals surface area contributed by atoms with Crippen LogP contribution in [0.2, 0.25) is 0 Å². The minimum atomic E-state index is -1.17. The summed E-state index contributed by atoms with van der Waals surface area (Å²) < 4.78 is 18.1. The Morgan fingerprint density at radius 1 is 0.743 bits per heavy atom. The number of carbonyl (C=O) groups is 12. The summed E-state index contributed by atoms with van der Waals surface area (Å²) in [6, 6.07) is 9.35. The minimum absolute atomic E-state index is 0.0245. The van der Waals surface area contributed by atoms with Gasteiger partial charge in [0.2, 0.25) is 59.1 Å². The Hall–Kier alpha value is -8.94. The van der Waals surface area contributed by atoms with Crippen LogP contribution in [0.4, 0.5) is 10.5 Å². The molecular weight excluding hydrogens is 1390 g/mol. The molecule has 0 bridgehead atoms. The van der Waals surface area contributed by atoms with Crippen molar-refractivity contribution in [3.63, 3.8) is 0 Å². The van der Waals surface area contributed by atoms with E-state index in [1.54, 1.807) is 57.8 Å². The summed E-state index contributed by atoms with van der Waals surface area (Å²) in [7, 11) is 6.19. The third-order valence-electron chi connectivity index (χ3n) is 18.9. The van der Waals surface area contributed by atoms with E-state index in [0.29, 0.717) is 32.2 Å². The molecule has 13 amide bonds. The molecule has 11 atom stereocenters. The van der Waals surface area contributed by atoms with Crippen molar-refractivity contribution in [1.82, 2.24) is 61.0 Å². The van der Waals surface area contributed by atoms with Crippen LogP contribution < -0.4 is 42.4 Å². The summed E-state index contributed by atoms with van der Waals surface area (Å²) in [5.74, 6) is -6.91. The highest BCUT2D eigenvalue weighted by Crippen LogP contribution is 2.31. The number of hydrogen-bond acceptors (Lipinski definition) is 18. The molecule has 0 unspecified atom stereocenters. The summed E-state index contributed by atoms with van der Waals surface area (Å²) in [5, 5.41) is 19.5. The van der Waals surface area contributed by atoms with Gasteiger partial charge < -0.3 is 81.2 Å². The summed E-state index contributed by atoms with van der Waals surface area (Å²) in [6.45, 7) is 23.2. The maximum absolute atomic E-state index is 14.9. The number of thioether (sulfide) groups is 1. The van der Waals surface area contributed by atoms with Crippen molar-refractivity contribution in [3.05, 3.63) is 102 Å². The highest BCUT2D eigenvalue weighted by molar-refractivity contribution is 7.99. The van der Waals surface area contributed by atoms with E-state index in [-0.39, 0.29) is 105 Å². The number of likely N-dealkylation sites (N-methyl/N-ethyl adjacent to an activating group) is 2. The number of anilines is 1. The first-order chi connectivity index (χ1) is 49.9. The standard InChI is InChI=1S/C74H110N14O15S2/c1-16-48(10)66(56(101-14)39-61(93)88-35-23-27-55(88)67(102-15)49(11)68(95)80-54(72-76-34-37-105-72)38-50-24-20-19-21-25-50)84(13)73(99)64(46(6)7)82-71(98)65(47(8)9)83(12)62(94)40-103-52-30-28-51(29-31-52)78-69(96)53(26-22-33-77-74(75)100)79-70(97)63(45(4)5)81-57(89)41-104-36-32-60(92)87-43-85(58(90)17-2)42-86(44-87)59(91)18-3/h17-21,24-25,28-31,34,37,45-49,53-56,63-67H,2-3,16,22-23,26-27,32-33,35-36,38-44H2,1,4-15H3,(H,78,96)(H,79,97)(H,80,95)(H,81,89)(H,82,98)(H3,75,77,100)/t48-,49+,53-,54-,55-,56+,63-,64-,65-,66-,67+/m0/s1. The Labute approximate surface area is 625 Å². The van der Waals surface area contributed by atoms with Crippen LogP contribution >= 0.6 is 23.1 Å². The highest BCUT2D eigenvalue weighted by atomic mass is 32.2. The predicted octanol–water partition coefficient (Wildman–Crippen LogP) is 5.05. The maximum atomic E-state index is 14.9. The first-order valence-corrected chi connectivity index (χ1v) is 37.7. The lowest BCUT2D eigenvalue weighted by molar-refractivity contribution is -0.154. The zero-order valence-electron chi connectivity index (χ0n) is 63.0. The lowest BCUT2D eigenvalue weighted by Crippen LogP contribution is -2.60. The summed E-state index contributed by atoms with van der Waals surface area (Å²) >= 11 is 2.60. The number of ether oxygens (including phenoxy) is 3. The average Bonchev–Trinajstić information content (AvgIpc) is 1.80. The van der Waals surface area contributed by atoms with Crippen molar-refractivity contribution < 1.29 is 71.7 Å². The maximum Gasteiger partial charge on any atom is 0.312 e. The predicted molar refractivity (Wildman–Crippen MR) is 401 cm³/mol. The molecule has 578 valence electrons. The monoisotopic (exact) mass is 1500 g/mol. The normalized spacial score (nSPS) is 16.6. The van der Waals surface area contributed by atoms with Gasteiger partial charge in [-0.05, 0) is 97.8 Å². The molecule has 2 aliphatic rings. The molecule has 8 N–H and O–H groups in total. The molecule has 0 saturated carbocycles. The van der Waals surface area contributed by atoms with Gasteiger partial charge in [-0.15, -0.1) is 11.3 Å². The molecule has 3 aromatic rings. The summed E-state index contributed by atoms with van der Waals surface area (Å²) in [6.07, 6.45) is 5.09. The lowest BCUT2D eigenvalue weighted by Gasteiger charge is -2.41. The number of primary amides is 1. The van der Waals surface area contributed by atoms with Gasteiger partial charge in [0.25, 0.3) is 5.91 Å². The van der Waals surface area contributed by atoms with E-state index in [1.807, 2.05) is 70.3 Å². The number of likely N-dealkylation sites (tertiary alicyclic amines) is 1.